The predicted molar refractivity (Wildman–Crippen MR) is 91.0 cm³/mol. The maximum Gasteiger partial charge on any atom is 0.317 e. The molecule has 5 nitrogen and oxygen atoms in total. The number of urea groups is 1. The third kappa shape index (κ3) is 2.97. The van der Waals surface area contributed by atoms with Crippen LogP contribution in [0.4, 0.5) is 4.79 Å². The van der Waals surface area contributed by atoms with E-state index in [2.05, 4.69) is 12.2 Å². The number of benzene rings is 1. The first kappa shape index (κ1) is 15.8. The fourth-order valence-electron chi connectivity index (χ4n) is 4.37. The quantitative estimate of drug-likeness (QED) is 0.903. The Bertz CT molecular complexity index is 561. The van der Waals surface area contributed by atoms with Crippen molar-refractivity contribution < 1.29 is 14.3 Å². The number of ether oxygens (including phenoxy) is 2. The Morgan fingerprint density at radius 1 is 1.25 bits per heavy atom. The molecule has 1 aromatic carbocycles. The first-order valence-electron chi connectivity index (χ1n) is 9.13. The second-order valence-electron chi connectivity index (χ2n) is 7.20. The summed E-state index contributed by atoms with van der Waals surface area (Å²) in [6, 6.07) is 9.83. The van der Waals surface area contributed by atoms with Crippen molar-refractivity contribution in [3.05, 3.63) is 30.3 Å². The Balaban J connectivity index is 1.28. The smallest absolute Gasteiger partial charge is 0.317 e. The molecule has 3 fully saturated rings. The van der Waals surface area contributed by atoms with E-state index >= 15 is 0 Å². The molecule has 3 heterocycles. The van der Waals surface area contributed by atoms with Crippen LogP contribution in [0, 0.1) is 11.8 Å². The van der Waals surface area contributed by atoms with Gasteiger partial charge in [0, 0.05) is 24.9 Å². The molecule has 0 aliphatic carbocycles. The summed E-state index contributed by atoms with van der Waals surface area (Å²) in [7, 11) is 0. The molecule has 5 heteroatoms. The zero-order valence-corrected chi connectivity index (χ0v) is 14.2. The molecule has 3 aliphatic heterocycles. The van der Waals surface area contributed by atoms with Gasteiger partial charge in [-0.1, -0.05) is 25.1 Å². The zero-order valence-electron chi connectivity index (χ0n) is 14.2. The van der Waals surface area contributed by atoms with Crippen LogP contribution in [-0.2, 0) is 4.74 Å². The maximum atomic E-state index is 12.6. The third-order valence-corrected chi connectivity index (χ3v) is 5.75. The van der Waals surface area contributed by atoms with Crippen molar-refractivity contribution in [3.63, 3.8) is 0 Å². The fourth-order valence-corrected chi connectivity index (χ4v) is 4.37. The van der Waals surface area contributed by atoms with Crippen molar-refractivity contribution in [1.82, 2.24) is 10.2 Å². The standard InChI is InChI=1S/C19H26N2O3/c1-2-13(12-23-14-6-4-3-5-7-14)20-19(22)21-10-15-16(11-21)18-9-8-17(15)24-18/h3-7,13,15-18H,2,8-12H2,1H3,(H,20,22). The number of nitrogens with one attached hydrogen (secondary N) is 1. The lowest BCUT2D eigenvalue weighted by atomic mass is 9.82. The minimum absolute atomic E-state index is 0.0334. The van der Waals surface area contributed by atoms with Gasteiger partial charge in [0.05, 0.1) is 18.2 Å². The highest BCUT2D eigenvalue weighted by Gasteiger charge is 2.53. The molecule has 3 aliphatic rings. The number of likely N-dealkylation sites (tertiary alicyclic amines) is 1. The van der Waals surface area contributed by atoms with Crippen molar-refractivity contribution in [2.45, 2.75) is 44.4 Å². The number of carbonyl (C=O) groups is 1. The van der Waals surface area contributed by atoms with E-state index in [1.807, 2.05) is 35.2 Å². The molecule has 130 valence electrons. The monoisotopic (exact) mass is 330 g/mol. The van der Waals surface area contributed by atoms with Gasteiger partial charge in [-0.15, -0.1) is 0 Å². The number of hydrogen-bond donors (Lipinski definition) is 1. The van der Waals surface area contributed by atoms with E-state index in [1.54, 1.807) is 0 Å². The van der Waals surface area contributed by atoms with Crippen LogP contribution in [0.5, 0.6) is 5.75 Å². The molecule has 2 amide bonds. The van der Waals surface area contributed by atoms with Gasteiger partial charge in [-0.3, -0.25) is 0 Å². The van der Waals surface area contributed by atoms with Crippen LogP contribution in [0.15, 0.2) is 30.3 Å². The Morgan fingerprint density at radius 3 is 2.54 bits per heavy atom. The highest BCUT2D eigenvalue weighted by molar-refractivity contribution is 5.75. The minimum Gasteiger partial charge on any atom is -0.491 e. The van der Waals surface area contributed by atoms with Crippen molar-refractivity contribution in [1.29, 1.82) is 0 Å². The molecule has 0 radical (unpaired) electrons. The maximum absolute atomic E-state index is 12.6. The van der Waals surface area contributed by atoms with E-state index in [9.17, 15) is 4.79 Å². The van der Waals surface area contributed by atoms with Crippen LogP contribution in [0.2, 0.25) is 0 Å². The number of amides is 2. The van der Waals surface area contributed by atoms with Gasteiger partial charge in [-0.25, -0.2) is 4.79 Å². The molecule has 1 N–H and O–H groups in total. The van der Waals surface area contributed by atoms with Crippen LogP contribution in [0.25, 0.3) is 0 Å². The molecule has 4 rings (SSSR count). The molecule has 24 heavy (non-hydrogen) atoms. The summed E-state index contributed by atoms with van der Waals surface area (Å²) in [5, 5.41) is 3.14. The number of para-hydroxylation sites is 1. The van der Waals surface area contributed by atoms with Crippen LogP contribution < -0.4 is 10.1 Å². The van der Waals surface area contributed by atoms with Crippen molar-refractivity contribution >= 4 is 6.03 Å². The molecule has 1 aromatic rings. The Hall–Kier alpha value is -1.75. The lowest BCUT2D eigenvalue weighted by Crippen LogP contribution is -2.46. The second kappa shape index (κ2) is 6.63. The van der Waals surface area contributed by atoms with Gasteiger partial charge in [-0.2, -0.15) is 0 Å². The van der Waals surface area contributed by atoms with E-state index in [0.717, 1.165) is 25.3 Å². The summed E-state index contributed by atoms with van der Waals surface area (Å²) >= 11 is 0. The summed E-state index contributed by atoms with van der Waals surface area (Å²) in [5.74, 6) is 1.94. The fraction of sp³-hybridized carbons (Fsp3) is 0.632. The average Bonchev–Trinajstić information content (AvgIpc) is 3.31. The van der Waals surface area contributed by atoms with Gasteiger partial charge in [0.2, 0.25) is 0 Å². The first-order valence-corrected chi connectivity index (χ1v) is 9.13. The van der Waals surface area contributed by atoms with Gasteiger partial charge in [0.25, 0.3) is 0 Å². The first-order chi connectivity index (χ1) is 11.7. The predicted octanol–water partition coefficient (Wildman–Crippen LogP) is 2.66. The van der Waals surface area contributed by atoms with E-state index in [0.29, 0.717) is 30.7 Å². The molecule has 2 bridgehead atoms. The molecule has 0 saturated carbocycles. The molecular weight excluding hydrogens is 304 g/mol. The minimum atomic E-state index is 0.0334. The SMILES string of the molecule is CCC(COc1ccccc1)NC(=O)N1CC2C3CCC(O3)C2C1. The summed E-state index contributed by atoms with van der Waals surface area (Å²) in [6.45, 7) is 4.26. The van der Waals surface area contributed by atoms with Gasteiger partial charge < -0.3 is 19.7 Å². The highest BCUT2D eigenvalue weighted by atomic mass is 16.5. The van der Waals surface area contributed by atoms with Crippen molar-refractivity contribution in [2.24, 2.45) is 11.8 Å². The summed E-state index contributed by atoms with van der Waals surface area (Å²) in [4.78, 5) is 14.6. The summed E-state index contributed by atoms with van der Waals surface area (Å²) in [5.41, 5.74) is 0. The van der Waals surface area contributed by atoms with Crippen LogP contribution in [0.3, 0.4) is 0 Å². The number of rotatable bonds is 5. The van der Waals surface area contributed by atoms with E-state index in [4.69, 9.17) is 9.47 Å². The number of fused-ring (bicyclic) bond motifs is 5. The lowest BCUT2D eigenvalue weighted by Gasteiger charge is -2.24. The second-order valence-corrected chi connectivity index (χ2v) is 7.20. The number of hydrogen-bond acceptors (Lipinski definition) is 3. The van der Waals surface area contributed by atoms with E-state index in [-0.39, 0.29) is 12.1 Å². The van der Waals surface area contributed by atoms with Crippen LogP contribution in [-0.4, -0.2) is 48.9 Å². The van der Waals surface area contributed by atoms with Gasteiger partial charge in [0.1, 0.15) is 12.4 Å². The normalized spacial score (nSPS) is 31.8. The summed E-state index contributed by atoms with van der Waals surface area (Å²) in [6.07, 6.45) is 3.98. The van der Waals surface area contributed by atoms with E-state index in [1.165, 1.54) is 12.8 Å². The Kier molecular flexibility index (Phi) is 4.35. The van der Waals surface area contributed by atoms with Crippen LogP contribution in [0.1, 0.15) is 26.2 Å². The van der Waals surface area contributed by atoms with Gasteiger partial charge in [-0.05, 0) is 31.4 Å². The largest absolute Gasteiger partial charge is 0.491 e. The Morgan fingerprint density at radius 2 is 1.92 bits per heavy atom. The molecular formula is C19H26N2O3. The molecule has 5 unspecified atom stereocenters. The molecule has 3 saturated heterocycles. The van der Waals surface area contributed by atoms with Gasteiger partial charge >= 0.3 is 6.03 Å². The van der Waals surface area contributed by atoms with E-state index < -0.39 is 0 Å². The third-order valence-electron chi connectivity index (χ3n) is 5.75. The zero-order chi connectivity index (χ0) is 16.5. The number of nitrogens with zero attached hydrogens (tertiary/aromatic N) is 1. The molecule has 0 spiro atoms. The average molecular weight is 330 g/mol. The topological polar surface area (TPSA) is 50.8 Å². The lowest BCUT2D eigenvalue weighted by molar-refractivity contribution is 0.0735. The van der Waals surface area contributed by atoms with Crippen LogP contribution >= 0.6 is 0 Å². The summed E-state index contributed by atoms with van der Waals surface area (Å²) < 4.78 is 11.8. The van der Waals surface area contributed by atoms with Gasteiger partial charge in [0.15, 0.2) is 0 Å². The molecule has 5 atom stereocenters. The molecule has 0 aromatic heterocycles. The highest BCUT2D eigenvalue weighted by Crippen LogP contribution is 2.47. The number of carbonyl (C=O) groups excluding carboxylic acids is 1. The van der Waals surface area contributed by atoms with Crippen molar-refractivity contribution in [2.75, 3.05) is 19.7 Å². The van der Waals surface area contributed by atoms with Crippen molar-refractivity contribution in [3.8, 4) is 5.75 Å². The Labute approximate surface area is 143 Å².